The third kappa shape index (κ3) is 12.7. The maximum absolute atomic E-state index is 11.0. The molecule has 0 atom stereocenters. The maximum atomic E-state index is 11.0. The Bertz CT molecular complexity index is 170. The molecular weight excluding hydrogens is 284 g/mol. The summed E-state index contributed by atoms with van der Waals surface area (Å²) in [5.41, 5.74) is 0. The molecule has 16 heavy (non-hydrogen) atoms. The monoisotopic (exact) mass is 302 g/mol. The van der Waals surface area contributed by atoms with E-state index in [0.717, 1.165) is 25.7 Å². The number of hydrogen-bond acceptors (Lipinski definition) is 7. The van der Waals surface area contributed by atoms with Gasteiger partial charge < -0.3 is 9.47 Å². The van der Waals surface area contributed by atoms with Gasteiger partial charge in [-0.05, 0) is 25.7 Å². The van der Waals surface area contributed by atoms with E-state index in [2.05, 4.69) is 50.5 Å². The van der Waals surface area contributed by atoms with Crippen LogP contribution in [0.5, 0.6) is 0 Å². The highest BCUT2D eigenvalue weighted by Gasteiger charge is 2.04. The Morgan fingerprint density at radius 1 is 0.875 bits per heavy atom. The molecule has 3 nitrogen and oxygen atoms in total. The van der Waals surface area contributed by atoms with Gasteiger partial charge in [0.1, 0.15) is 0 Å². The van der Waals surface area contributed by atoms with Gasteiger partial charge in [-0.3, -0.25) is 0 Å². The molecule has 0 amide bonds. The largest absolute Gasteiger partial charge is 0.508 e. The first-order chi connectivity index (χ1) is 7.52. The average molecular weight is 303 g/mol. The highest BCUT2D eigenvalue weighted by Crippen LogP contribution is 2.09. The lowest BCUT2D eigenvalue weighted by Gasteiger charge is -2.07. The second kappa shape index (κ2) is 10.8. The molecule has 0 rings (SSSR count). The zero-order valence-electron chi connectivity index (χ0n) is 8.91. The van der Waals surface area contributed by atoms with Crippen LogP contribution in [0.1, 0.15) is 25.7 Å². The van der Waals surface area contributed by atoms with Gasteiger partial charge in [-0.25, -0.2) is 4.79 Å². The highest BCUT2D eigenvalue weighted by molar-refractivity contribution is 7.99. The van der Waals surface area contributed by atoms with Crippen LogP contribution in [-0.2, 0) is 9.47 Å². The normalized spacial score (nSPS) is 10.9. The van der Waals surface area contributed by atoms with Crippen LogP contribution in [0, 0.1) is 0 Å². The minimum absolute atomic E-state index is 0.0299. The van der Waals surface area contributed by atoms with E-state index in [-0.39, 0.29) is 9.16 Å². The standard InChI is InChI=1S/C9H18O3S4/c10-9(11-5-1-3-7(13)14)12-6-2-4-8(15)16/h7-8,13-16H,1-6H2. The molecule has 0 aromatic heterocycles. The summed E-state index contributed by atoms with van der Waals surface area (Å²) in [6, 6.07) is 0. The number of carbonyl (C=O) groups excluding carboxylic acids is 1. The fourth-order valence-corrected chi connectivity index (χ4v) is 1.61. The summed E-state index contributed by atoms with van der Waals surface area (Å²) in [7, 11) is 0. The van der Waals surface area contributed by atoms with E-state index in [1.807, 2.05) is 0 Å². The van der Waals surface area contributed by atoms with E-state index < -0.39 is 6.16 Å². The molecule has 0 bridgehead atoms. The van der Waals surface area contributed by atoms with Crippen molar-refractivity contribution in [3.8, 4) is 0 Å². The predicted octanol–water partition coefficient (Wildman–Crippen LogP) is 3.07. The lowest BCUT2D eigenvalue weighted by molar-refractivity contribution is 0.0535. The number of ether oxygens (including phenoxy) is 2. The van der Waals surface area contributed by atoms with Crippen molar-refractivity contribution in [2.75, 3.05) is 13.2 Å². The molecule has 0 aliphatic rings. The highest BCUT2D eigenvalue weighted by atomic mass is 32.2. The summed E-state index contributed by atoms with van der Waals surface area (Å²) >= 11 is 16.4. The van der Waals surface area contributed by atoms with Crippen LogP contribution in [0.15, 0.2) is 0 Å². The summed E-state index contributed by atoms with van der Waals surface area (Å²) in [5.74, 6) is 0. The molecule has 0 saturated heterocycles. The Labute approximate surface area is 119 Å². The van der Waals surface area contributed by atoms with Crippen molar-refractivity contribution >= 4 is 56.7 Å². The van der Waals surface area contributed by atoms with Crippen molar-refractivity contribution in [2.24, 2.45) is 0 Å². The van der Waals surface area contributed by atoms with Gasteiger partial charge in [-0.1, -0.05) is 0 Å². The van der Waals surface area contributed by atoms with Crippen LogP contribution < -0.4 is 0 Å². The maximum Gasteiger partial charge on any atom is 0.508 e. The molecule has 0 heterocycles. The van der Waals surface area contributed by atoms with Crippen molar-refractivity contribution in [3.63, 3.8) is 0 Å². The molecule has 0 unspecified atom stereocenters. The molecule has 0 saturated carbocycles. The smallest absolute Gasteiger partial charge is 0.434 e. The summed E-state index contributed by atoms with van der Waals surface area (Å²) in [6.07, 6.45) is 2.44. The van der Waals surface area contributed by atoms with Gasteiger partial charge in [0.25, 0.3) is 0 Å². The molecule has 0 aliphatic heterocycles. The Balaban J connectivity index is 3.25. The van der Waals surface area contributed by atoms with Crippen molar-refractivity contribution in [1.29, 1.82) is 0 Å². The molecule has 0 aromatic carbocycles. The molecular formula is C9H18O3S4. The fourth-order valence-electron chi connectivity index (χ4n) is 0.884. The number of carbonyl (C=O) groups is 1. The van der Waals surface area contributed by atoms with E-state index in [1.165, 1.54) is 0 Å². The SMILES string of the molecule is O=C(OCCCC(S)S)OCCCC(S)S. The first kappa shape index (κ1) is 16.7. The van der Waals surface area contributed by atoms with E-state index in [4.69, 9.17) is 9.47 Å². The number of hydrogen-bond donors (Lipinski definition) is 4. The summed E-state index contributed by atoms with van der Waals surface area (Å²) in [6.45, 7) is 0.691. The summed E-state index contributed by atoms with van der Waals surface area (Å²) < 4.78 is 9.72. The third-order valence-electron chi connectivity index (χ3n) is 1.65. The predicted molar refractivity (Wildman–Crippen MR) is 79.3 cm³/mol. The summed E-state index contributed by atoms with van der Waals surface area (Å²) in [5, 5.41) is 0. The van der Waals surface area contributed by atoms with E-state index >= 15 is 0 Å². The topological polar surface area (TPSA) is 35.5 Å². The molecule has 96 valence electrons. The van der Waals surface area contributed by atoms with Crippen LogP contribution in [0.25, 0.3) is 0 Å². The lowest BCUT2D eigenvalue weighted by atomic mass is 10.3. The second-order valence-corrected chi connectivity index (χ2v) is 6.50. The van der Waals surface area contributed by atoms with E-state index in [0.29, 0.717) is 13.2 Å². The molecule has 7 heteroatoms. The Morgan fingerprint density at radius 3 is 1.56 bits per heavy atom. The Hall–Kier alpha value is 0.670. The van der Waals surface area contributed by atoms with E-state index in [1.54, 1.807) is 0 Å². The van der Waals surface area contributed by atoms with E-state index in [9.17, 15) is 4.79 Å². The van der Waals surface area contributed by atoms with Gasteiger partial charge in [-0.15, -0.1) is 0 Å². The van der Waals surface area contributed by atoms with Crippen LogP contribution >= 0.6 is 50.5 Å². The first-order valence-electron chi connectivity index (χ1n) is 5.04. The molecule has 0 radical (unpaired) electrons. The quantitative estimate of drug-likeness (QED) is 0.241. The van der Waals surface area contributed by atoms with Gasteiger partial charge in [0.15, 0.2) is 0 Å². The zero-order chi connectivity index (χ0) is 12.4. The molecule has 0 aromatic rings. The minimum atomic E-state index is -0.621. The van der Waals surface area contributed by atoms with Crippen LogP contribution in [0.2, 0.25) is 0 Å². The average Bonchev–Trinajstić information content (AvgIpc) is 2.19. The molecule has 0 fully saturated rings. The molecule has 0 N–H and O–H groups in total. The fraction of sp³-hybridized carbons (Fsp3) is 0.889. The molecule has 0 spiro atoms. The zero-order valence-corrected chi connectivity index (χ0v) is 12.5. The minimum Gasteiger partial charge on any atom is -0.434 e. The van der Waals surface area contributed by atoms with Crippen molar-refractivity contribution < 1.29 is 14.3 Å². The van der Waals surface area contributed by atoms with Gasteiger partial charge in [0, 0.05) is 9.16 Å². The third-order valence-corrected chi connectivity index (χ3v) is 2.69. The summed E-state index contributed by atoms with van der Waals surface area (Å²) in [4.78, 5) is 11.0. The molecule has 0 aliphatic carbocycles. The van der Waals surface area contributed by atoms with Gasteiger partial charge >= 0.3 is 6.16 Å². The second-order valence-electron chi connectivity index (χ2n) is 3.19. The van der Waals surface area contributed by atoms with Crippen molar-refractivity contribution in [3.05, 3.63) is 0 Å². The van der Waals surface area contributed by atoms with Crippen LogP contribution in [0.4, 0.5) is 4.79 Å². The number of rotatable bonds is 8. The van der Waals surface area contributed by atoms with Crippen LogP contribution in [-0.4, -0.2) is 28.5 Å². The Morgan fingerprint density at radius 2 is 1.25 bits per heavy atom. The number of thiol groups is 4. The Kier molecular flexibility index (Phi) is 11.3. The van der Waals surface area contributed by atoms with Gasteiger partial charge in [-0.2, -0.15) is 50.5 Å². The first-order valence-corrected chi connectivity index (χ1v) is 7.10. The van der Waals surface area contributed by atoms with Crippen molar-refractivity contribution in [1.82, 2.24) is 0 Å². The van der Waals surface area contributed by atoms with Crippen LogP contribution in [0.3, 0.4) is 0 Å². The van der Waals surface area contributed by atoms with Gasteiger partial charge in [0.2, 0.25) is 0 Å². The van der Waals surface area contributed by atoms with Gasteiger partial charge in [0.05, 0.1) is 13.2 Å². The van der Waals surface area contributed by atoms with Crippen molar-refractivity contribution in [2.45, 2.75) is 34.8 Å². The lowest BCUT2D eigenvalue weighted by Crippen LogP contribution is -2.10.